The Morgan fingerprint density at radius 3 is 2.75 bits per heavy atom. The summed E-state index contributed by atoms with van der Waals surface area (Å²) in [5.74, 6) is -0.175. The fourth-order valence-corrected chi connectivity index (χ4v) is 4.92. The number of carbonyl (C=O) groups excluding carboxylic acids is 2. The smallest absolute Gasteiger partial charge is 0.212 e. The van der Waals surface area contributed by atoms with Crippen molar-refractivity contribution in [2.24, 2.45) is 5.92 Å². The molecule has 126 valence electrons. The summed E-state index contributed by atoms with van der Waals surface area (Å²) in [6.07, 6.45) is 4.32. The Balaban J connectivity index is 1.73. The number of hydrogen-bond donors (Lipinski definition) is 0. The summed E-state index contributed by atoms with van der Waals surface area (Å²) in [4.78, 5) is 26.9. The minimum Gasteiger partial charge on any atom is -0.297 e. The third kappa shape index (κ3) is 2.54. The lowest BCUT2D eigenvalue weighted by molar-refractivity contribution is -0.132. The van der Waals surface area contributed by atoms with Gasteiger partial charge < -0.3 is 0 Å². The lowest BCUT2D eigenvalue weighted by Crippen LogP contribution is -2.54. The molecule has 1 aliphatic carbocycles. The van der Waals surface area contributed by atoms with Crippen molar-refractivity contribution >= 4 is 22.7 Å². The number of hydrogen-bond acceptors (Lipinski definition) is 4. The minimum atomic E-state index is -0.964. The van der Waals surface area contributed by atoms with Crippen molar-refractivity contribution in [2.45, 2.75) is 37.0 Å². The number of piperidine rings is 1. The fourth-order valence-electron chi connectivity index (χ4n) is 3.90. The molecule has 3 aliphatic rings. The highest BCUT2D eigenvalue weighted by atomic mass is 32.2. The topological polar surface area (TPSA) is 37.4 Å². The molecule has 2 fully saturated rings. The highest BCUT2D eigenvalue weighted by molar-refractivity contribution is 8.15. The van der Waals surface area contributed by atoms with Crippen LogP contribution in [-0.2, 0) is 15.1 Å². The van der Waals surface area contributed by atoms with Gasteiger partial charge in [-0.3, -0.25) is 14.5 Å². The van der Waals surface area contributed by atoms with Crippen LogP contribution in [0, 0.1) is 11.7 Å². The Morgan fingerprint density at radius 2 is 2.04 bits per heavy atom. The van der Waals surface area contributed by atoms with Gasteiger partial charge in [0.2, 0.25) is 5.12 Å². The Hall–Kier alpha value is -1.46. The maximum atomic E-state index is 14.6. The number of carbonyl (C=O) groups is 2. The Labute approximate surface area is 145 Å². The van der Waals surface area contributed by atoms with E-state index in [1.54, 1.807) is 24.3 Å². The third-order valence-electron chi connectivity index (χ3n) is 5.47. The van der Waals surface area contributed by atoms with Crippen molar-refractivity contribution in [3.8, 4) is 0 Å². The summed E-state index contributed by atoms with van der Waals surface area (Å²) < 4.78 is 14.6. The highest BCUT2D eigenvalue weighted by Gasteiger charge is 2.50. The molecule has 0 N–H and O–H groups in total. The molecule has 5 heteroatoms. The molecule has 0 spiro atoms. The summed E-state index contributed by atoms with van der Waals surface area (Å²) in [7, 11) is 0. The third-order valence-corrected chi connectivity index (χ3v) is 6.64. The first kappa shape index (κ1) is 16.0. The molecule has 2 unspecified atom stereocenters. The quantitative estimate of drug-likeness (QED) is 0.839. The van der Waals surface area contributed by atoms with Crippen LogP contribution in [0.1, 0.15) is 31.7 Å². The van der Waals surface area contributed by atoms with Crippen LogP contribution in [0.5, 0.6) is 0 Å². The van der Waals surface area contributed by atoms with Crippen molar-refractivity contribution in [3.05, 3.63) is 47.3 Å². The lowest BCUT2D eigenvalue weighted by Gasteiger charge is -2.44. The van der Waals surface area contributed by atoms with Crippen molar-refractivity contribution in [1.82, 2.24) is 4.90 Å². The summed E-state index contributed by atoms with van der Waals surface area (Å²) in [5.41, 5.74) is 0.564. The number of benzene rings is 1. The number of halogens is 1. The average Bonchev–Trinajstić information content (AvgIpc) is 3.34. The summed E-state index contributed by atoms with van der Waals surface area (Å²) in [6, 6.07) is 6.60. The molecule has 0 amide bonds. The van der Waals surface area contributed by atoms with Crippen molar-refractivity contribution in [1.29, 1.82) is 0 Å². The average molecular weight is 345 g/mol. The van der Waals surface area contributed by atoms with Crippen LogP contribution in [0.25, 0.3) is 0 Å². The first-order valence-electron chi connectivity index (χ1n) is 8.45. The number of ketones is 1. The Kier molecular flexibility index (Phi) is 3.88. The summed E-state index contributed by atoms with van der Waals surface area (Å²) in [5, 5.41) is 0.326. The van der Waals surface area contributed by atoms with E-state index >= 15 is 0 Å². The zero-order valence-electron chi connectivity index (χ0n) is 13.6. The first-order chi connectivity index (χ1) is 11.5. The molecule has 1 saturated heterocycles. The number of likely N-dealkylation sites (tertiary alicyclic amines) is 1. The molecule has 2 atom stereocenters. The number of thioether (sulfide) groups is 1. The molecule has 1 aromatic rings. The lowest BCUT2D eigenvalue weighted by atomic mass is 9.81. The van der Waals surface area contributed by atoms with E-state index in [-0.39, 0.29) is 27.9 Å². The van der Waals surface area contributed by atoms with Gasteiger partial charge in [-0.25, -0.2) is 4.39 Å². The van der Waals surface area contributed by atoms with Gasteiger partial charge in [-0.05, 0) is 43.9 Å². The predicted molar refractivity (Wildman–Crippen MR) is 92.1 cm³/mol. The van der Waals surface area contributed by atoms with Gasteiger partial charge in [0.1, 0.15) is 11.4 Å². The standard InChI is InChI=1S/C19H20FNO2S/c1-19(18(23)12-6-7-12,14-4-2-3-5-15(14)20)21-9-8-16-13(11-21)10-17(22)24-16/h2-5,10,12,16H,6-9,11H2,1H3. The predicted octanol–water partition coefficient (Wildman–Crippen LogP) is 3.29. The molecule has 3 nitrogen and oxygen atoms in total. The molecule has 0 radical (unpaired) electrons. The number of Topliss-reactive ketones (excluding diaryl/α,β-unsaturated/α-hetero) is 1. The largest absolute Gasteiger partial charge is 0.297 e. The molecule has 24 heavy (non-hydrogen) atoms. The zero-order valence-corrected chi connectivity index (χ0v) is 14.4. The maximum Gasteiger partial charge on any atom is 0.212 e. The van der Waals surface area contributed by atoms with Gasteiger partial charge in [0.25, 0.3) is 0 Å². The van der Waals surface area contributed by atoms with Crippen molar-refractivity contribution in [2.75, 3.05) is 13.1 Å². The number of rotatable bonds is 4. The number of fused-ring (bicyclic) bond motifs is 1. The fraction of sp³-hybridized carbons (Fsp3) is 0.474. The van der Waals surface area contributed by atoms with E-state index in [0.29, 0.717) is 18.7 Å². The van der Waals surface area contributed by atoms with E-state index in [9.17, 15) is 14.0 Å². The van der Waals surface area contributed by atoms with Gasteiger partial charge in [-0.15, -0.1) is 0 Å². The molecule has 2 aliphatic heterocycles. The van der Waals surface area contributed by atoms with Gasteiger partial charge in [0.05, 0.1) is 0 Å². The molecule has 2 heterocycles. The highest BCUT2D eigenvalue weighted by Crippen LogP contribution is 2.44. The maximum absolute atomic E-state index is 14.6. The second kappa shape index (κ2) is 5.81. The summed E-state index contributed by atoms with van der Waals surface area (Å²) in [6.45, 7) is 3.12. The first-order valence-corrected chi connectivity index (χ1v) is 9.33. The van der Waals surface area contributed by atoms with Gasteiger partial charge in [0, 0.05) is 29.8 Å². The van der Waals surface area contributed by atoms with Crippen LogP contribution in [-0.4, -0.2) is 34.1 Å². The molecular formula is C19H20FNO2S. The van der Waals surface area contributed by atoms with E-state index in [1.165, 1.54) is 17.8 Å². The zero-order chi connectivity index (χ0) is 16.9. The van der Waals surface area contributed by atoms with Crippen molar-refractivity contribution < 1.29 is 14.0 Å². The van der Waals surface area contributed by atoms with Crippen LogP contribution in [0.4, 0.5) is 4.39 Å². The minimum absolute atomic E-state index is 0.0425. The van der Waals surface area contributed by atoms with Crippen molar-refractivity contribution in [3.63, 3.8) is 0 Å². The molecule has 0 aromatic heterocycles. The molecular weight excluding hydrogens is 325 g/mol. The van der Waals surface area contributed by atoms with E-state index in [2.05, 4.69) is 4.90 Å². The van der Waals surface area contributed by atoms with Crippen LogP contribution in [0.2, 0.25) is 0 Å². The van der Waals surface area contributed by atoms with Crippen LogP contribution < -0.4 is 0 Å². The van der Waals surface area contributed by atoms with E-state index in [4.69, 9.17) is 0 Å². The van der Waals surface area contributed by atoms with Gasteiger partial charge in [0.15, 0.2) is 5.78 Å². The summed E-state index contributed by atoms with van der Waals surface area (Å²) >= 11 is 1.37. The van der Waals surface area contributed by atoms with Gasteiger partial charge in [-0.1, -0.05) is 30.0 Å². The molecule has 0 bridgehead atoms. The molecule has 1 saturated carbocycles. The Morgan fingerprint density at radius 1 is 1.29 bits per heavy atom. The van der Waals surface area contributed by atoms with E-state index < -0.39 is 5.54 Å². The van der Waals surface area contributed by atoms with Crippen LogP contribution in [0.3, 0.4) is 0 Å². The molecule has 1 aromatic carbocycles. The second-order valence-corrected chi connectivity index (χ2v) is 8.25. The van der Waals surface area contributed by atoms with E-state index in [1.807, 2.05) is 6.92 Å². The van der Waals surface area contributed by atoms with Gasteiger partial charge >= 0.3 is 0 Å². The normalized spacial score (nSPS) is 26.7. The number of nitrogens with zero attached hydrogens (tertiary/aromatic N) is 1. The monoisotopic (exact) mass is 345 g/mol. The van der Waals surface area contributed by atoms with E-state index in [0.717, 1.165) is 24.8 Å². The second-order valence-electron chi connectivity index (χ2n) is 7.05. The molecule has 4 rings (SSSR count). The SMILES string of the molecule is CC(C(=O)C1CC1)(c1ccccc1F)N1CCC2SC(=O)C=C2C1. The van der Waals surface area contributed by atoms with Crippen LogP contribution in [0.15, 0.2) is 35.9 Å². The van der Waals surface area contributed by atoms with Crippen LogP contribution >= 0.6 is 11.8 Å². The Bertz CT molecular complexity index is 743. The van der Waals surface area contributed by atoms with Gasteiger partial charge in [-0.2, -0.15) is 0 Å².